The van der Waals surface area contributed by atoms with Crippen LogP contribution in [0, 0.1) is 0 Å². The van der Waals surface area contributed by atoms with Crippen LogP contribution in [-0.4, -0.2) is 26.5 Å². The van der Waals surface area contributed by atoms with Crippen molar-refractivity contribution in [1.82, 2.24) is 4.33 Å². The summed E-state index contributed by atoms with van der Waals surface area (Å²) in [5.74, 6) is 0. The zero-order valence-electron chi connectivity index (χ0n) is 4.57. The van der Waals surface area contributed by atoms with Crippen LogP contribution in [0.4, 0.5) is 5.69 Å². The Labute approximate surface area is 65.3 Å². The fraction of sp³-hybridized carbons (Fsp3) is 0. The number of benzene rings is 1. The van der Waals surface area contributed by atoms with E-state index in [1.807, 2.05) is 0 Å². The molecule has 0 bridgehead atoms. The van der Waals surface area contributed by atoms with Crippen molar-refractivity contribution in [2.45, 2.75) is 0 Å². The van der Waals surface area contributed by atoms with Gasteiger partial charge in [-0.25, -0.2) is 0 Å². The molecule has 9 heavy (non-hydrogen) atoms. The summed E-state index contributed by atoms with van der Waals surface area (Å²) >= 11 is 1.26. The van der Waals surface area contributed by atoms with E-state index in [1.165, 1.54) is 10.1 Å². The summed E-state index contributed by atoms with van der Waals surface area (Å²) in [4.78, 5) is 0. The molecule has 1 aliphatic heterocycles. The molecule has 1 aromatic carbocycles. The van der Waals surface area contributed by atoms with E-state index >= 15 is 0 Å². The van der Waals surface area contributed by atoms with Crippen LogP contribution in [-0.2, 0) is 0 Å². The zero-order valence-corrected chi connectivity index (χ0v) is 8.00. The molecule has 0 aliphatic carbocycles. The second-order valence-corrected chi connectivity index (χ2v) is 7.13. The molecule has 1 aromatic rings. The van der Waals surface area contributed by atoms with Crippen LogP contribution in [0.5, 0.6) is 0 Å². The van der Waals surface area contributed by atoms with Crippen molar-refractivity contribution >= 4 is 36.6 Å². The Morgan fingerprint density at radius 3 is 3.00 bits per heavy atom. The molecule has 1 nitrogen and oxygen atoms in total. The number of hydrogen-bond acceptors (Lipinski definition) is 0. The van der Waals surface area contributed by atoms with Crippen molar-refractivity contribution in [3.05, 3.63) is 24.3 Å². The molecule has 2 rings (SSSR count). The normalized spacial score (nSPS) is 14.7. The number of rotatable bonds is 0. The Kier molecular flexibility index (Phi) is 1.52. The van der Waals surface area contributed by atoms with E-state index in [0.29, 0.717) is 26.5 Å². The Hall–Kier alpha value is 0.0590. The SMILES string of the molecule is c1ccc2c(c1)[N][Se][Se]2. The number of nitrogens with zero attached hydrogens (tertiary/aromatic N) is 1. The fourth-order valence-electron chi connectivity index (χ4n) is 0.702. The van der Waals surface area contributed by atoms with Gasteiger partial charge in [-0.05, 0) is 0 Å². The molecule has 1 heterocycles. The first-order valence-corrected chi connectivity index (χ1v) is 8.56. The molecule has 0 fully saturated rings. The Bertz CT molecular complexity index is 201. The van der Waals surface area contributed by atoms with Crippen molar-refractivity contribution in [1.29, 1.82) is 0 Å². The second-order valence-electron chi connectivity index (χ2n) is 1.72. The molecule has 1 aliphatic rings. The van der Waals surface area contributed by atoms with Gasteiger partial charge >= 0.3 is 65.2 Å². The summed E-state index contributed by atoms with van der Waals surface area (Å²) < 4.78 is 5.88. The standard InChI is InChI=1S/C6H4NSe2/c1-2-4-6-5(3-1)7-9-8-6/h1-4H. The van der Waals surface area contributed by atoms with Gasteiger partial charge in [-0.2, -0.15) is 0 Å². The average Bonchev–Trinajstić information content (AvgIpc) is 2.33. The Morgan fingerprint density at radius 1 is 1.22 bits per heavy atom. The van der Waals surface area contributed by atoms with Gasteiger partial charge in [-0.3, -0.25) is 0 Å². The second kappa shape index (κ2) is 2.35. The Morgan fingerprint density at radius 2 is 2.11 bits per heavy atom. The zero-order chi connectivity index (χ0) is 6.10. The van der Waals surface area contributed by atoms with Gasteiger partial charge in [-0.1, -0.05) is 0 Å². The summed E-state index contributed by atoms with van der Waals surface area (Å²) in [5, 5.41) is 0. The summed E-state index contributed by atoms with van der Waals surface area (Å²) in [7, 11) is 0. The quantitative estimate of drug-likeness (QED) is 0.564. The van der Waals surface area contributed by atoms with Crippen LogP contribution in [0.2, 0.25) is 0 Å². The molecular weight excluding hydrogens is 244 g/mol. The van der Waals surface area contributed by atoms with Gasteiger partial charge < -0.3 is 0 Å². The molecule has 0 saturated heterocycles. The first kappa shape index (κ1) is 5.81. The van der Waals surface area contributed by atoms with Crippen LogP contribution in [0.15, 0.2) is 24.3 Å². The first-order valence-electron chi connectivity index (χ1n) is 2.60. The molecule has 0 saturated carbocycles. The predicted molar refractivity (Wildman–Crippen MR) is 39.4 cm³/mol. The van der Waals surface area contributed by atoms with Crippen LogP contribution in [0.1, 0.15) is 0 Å². The van der Waals surface area contributed by atoms with E-state index in [9.17, 15) is 0 Å². The molecular formula is C6H4NSe2. The maximum absolute atomic E-state index is 4.39. The number of fused-ring (bicyclic) bond motifs is 1. The summed E-state index contributed by atoms with van der Waals surface area (Å²) in [6.45, 7) is 0. The van der Waals surface area contributed by atoms with Crippen molar-refractivity contribution in [3.8, 4) is 0 Å². The van der Waals surface area contributed by atoms with Gasteiger partial charge in [-0.15, -0.1) is 0 Å². The molecule has 45 valence electrons. The fourth-order valence-corrected chi connectivity index (χ4v) is 6.14. The molecule has 0 unspecified atom stereocenters. The molecule has 3 heteroatoms. The van der Waals surface area contributed by atoms with Crippen molar-refractivity contribution in [2.75, 3.05) is 0 Å². The van der Waals surface area contributed by atoms with Crippen molar-refractivity contribution in [2.24, 2.45) is 0 Å². The third kappa shape index (κ3) is 1.02. The van der Waals surface area contributed by atoms with Gasteiger partial charge in [0, 0.05) is 0 Å². The minimum atomic E-state index is 0.566. The molecule has 0 spiro atoms. The van der Waals surface area contributed by atoms with Gasteiger partial charge in [0.2, 0.25) is 0 Å². The predicted octanol–water partition coefficient (Wildman–Crippen LogP) is -0.200. The number of hydrogen-bond donors (Lipinski definition) is 0. The van der Waals surface area contributed by atoms with E-state index in [1.54, 1.807) is 0 Å². The van der Waals surface area contributed by atoms with E-state index in [2.05, 4.69) is 28.6 Å². The van der Waals surface area contributed by atoms with Crippen LogP contribution >= 0.6 is 0 Å². The van der Waals surface area contributed by atoms with Gasteiger partial charge in [0.25, 0.3) is 0 Å². The van der Waals surface area contributed by atoms with Gasteiger partial charge in [0.05, 0.1) is 0 Å². The molecule has 0 amide bonds. The van der Waals surface area contributed by atoms with Crippen molar-refractivity contribution < 1.29 is 0 Å². The topological polar surface area (TPSA) is 14.1 Å². The molecule has 0 aromatic heterocycles. The van der Waals surface area contributed by atoms with Crippen LogP contribution < -0.4 is 8.79 Å². The van der Waals surface area contributed by atoms with Gasteiger partial charge in [0.1, 0.15) is 0 Å². The summed E-state index contributed by atoms with van der Waals surface area (Å²) in [6.07, 6.45) is 0. The van der Waals surface area contributed by atoms with Crippen molar-refractivity contribution in [3.63, 3.8) is 0 Å². The van der Waals surface area contributed by atoms with E-state index < -0.39 is 0 Å². The monoisotopic (exact) mass is 250 g/mol. The van der Waals surface area contributed by atoms with E-state index in [0.717, 1.165) is 0 Å². The maximum atomic E-state index is 4.39. The Balaban J connectivity index is 2.54. The third-order valence-corrected chi connectivity index (χ3v) is 6.54. The van der Waals surface area contributed by atoms with E-state index in [-0.39, 0.29) is 0 Å². The van der Waals surface area contributed by atoms with E-state index in [4.69, 9.17) is 0 Å². The molecule has 0 atom stereocenters. The third-order valence-electron chi connectivity index (χ3n) is 1.13. The van der Waals surface area contributed by atoms with Crippen LogP contribution in [0.3, 0.4) is 0 Å². The summed E-state index contributed by atoms with van der Waals surface area (Å²) in [6, 6.07) is 8.44. The van der Waals surface area contributed by atoms with Gasteiger partial charge in [0.15, 0.2) is 0 Å². The minimum absolute atomic E-state index is 0.566. The average molecular weight is 248 g/mol. The van der Waals surface area contributed by atoms with Crippen LogP contribution in [0.25, 0.3) is 0 Å². The molecule has 0 N–H and O–H groups in total. The summed E-state index contributed by atoms with van der Waals surface area (Å²) in [5.41, 5.74) is 1.25. The molecule has 1 radical (unpaired) electrons. The first-order chi connectivity index (χ1) is 4.47.